The Hall–Kier alpha value is -1.36. The summed E-state index contributed by atoms with van der Waals surface area (Å²) in [6.07, 6.45) is 7.85. The zero-order chi connectivity index (χ0) is 10.3. The summed E-state index contributed by atoms with van der Waals surface area (Å²) in [5.41, 5.74) is 1.89. The van der Waals surface area contributed by atoms with Crippen molar-refractivity contribution in [3.63, 3.8) is 0 Å². The average Bonchev–Trinajstić information content (AvgIpc) is 2.83. The average molecular weight is 221 g/mol. The molecule has 78 valence electrons. The lowest BCUT2D eigenvalue weighted by Crippen LogP contribution is -2.23. The van der Waals surface area contributed by atoms with Crippen LogP contribution in [0.4, 0.5) is 0 Å². The molecule has 3 rings (SSSR count). The molecule has 0 radical (unpaired) electrons. The van der Waals surface area contributed by atoms with Crippen molar-refractivity contribution in [3.8, 4) is 0 Å². The van der Waals surface area contributed by atoms with Crippen molar-refractivity contribution >= 4 is 11.3 Å². The van der Waals surface area contributed by atoms with E-state index in [4.69, 9.17) is 0 Å². The fourth-order valence-corrected chi connectivity index (χ4v) is 2.26. The van der Waals surface area contributed by atoms with E-state index in [1.54, 1.807) is 21.4 Å². The molecule has 0 N–H and O–H groups in total. The third-order valence-electron chi connectivity index (χ3n) is 2.62. The lowest BCUT2D eigenvalue weighted by atomic mass is 10.5. The van der Waals surface area contributed by atoms with Crippen LogP contribution in [0.5, 0.6) is 0 Å². The molecule has 2 heterocycles. The molecule has 4 nitrogen and oxygen atoms in total. The summed E-state index contributed by atoms with van der Waals surface area (Å²) in [5.74, 6) is 0. The van der Waals surface area contributed by atoms with E-state index >= 15 is 0 Å². The molecule has 1 fully saturated rings. The van der Waals surface area contributed by atoms with E-state index in [9.17, 15) is 4.79 Å². The Kier molecular flexibility index (Phi) is 1.98. The minimum absolute atomic E-state index is 0.103. The van der Waals surface area contributed by atoms with Gasteiger partial charge in [0.1, 0.15) is 0 Å². The van der Waals surface area contributed by atoms with Gasteiger partial charge in [-0.25, -0.2) is 4.79 Å². The van der Waals surface area contributed by atoms with Crippen LogP contribution < -0.4 is 5.69 Å². The highest BCUT2D eigenvalue weighted by Crippen LogP contribution is 2.33. The Morgan fingerprint density at radius 3 is 3.00 bits per heavy atom. The Bertz CT molecular complexity index is 507. The predicted octanol–water partition coefficient (Wildman–Crippen LogP) is 1.49. The second-order valence-corrected chi connectivity index (χ2v) is 4.79. The first-order valence-corrected chi connectivity index (χ1v) is 5.87. The van der Waals surface area contributed by atoms with E-state index in [0.29, 0.717) is 12.6 Å². The summed E-state index contributed by atoms with van der Waals surface area (Å²) < 4.78 is 3.58. The van der Waals surface area contributed by atoms with Gasteiger partial charge in [0, 0.05) is 29.5 Å². The van der Waals surface area contributed by atoms with Crippen LogP contribution in [0.1, 0.15) is 23.8 Å². The monoisotopic (exact) mass is 221 g/mol. The molecule has 15 heavy (non-hydrogen) atoms. The van der Waals surface area contributed by atoms with Crippen molar-refractivity contribution in [2.75, 3.05) is 0 Å². The van der Waals surface area contributed by atoms with Gasteiger partial charge >= 0.3 is 5.69 Å². The zero-order valence-electron chi connectivity index (χ0n) is 8.17. The molecule has 0 saturated heterocycles. The molecule has 0 aliphatic heterocycles. The number of imidazole rings is 1. The third kappa shape index (κ3) is 1.63. The quantitative estimate of drug-likeness (QED) is 0.787. The van der Waals surface area contributed by atoms with Gasteiger partial charge in [-0.3, -0.25) is 14.1 Å². The second kappa shape index (κ2) is 3.34. The highest BCUT2D eigenvalue weighted by atomic mass is 32.1. The molecule has 0 unspecified atom stereocenters. The summed E-state index contributed by atoms with van der Waals surface area (Å²) in [4.78, 5) is 17.0. The molecule has 2 aromatic rings. The highest BCUT2D eigenvalue weighted by molar-refractivity contribution is 7.09. The summed E-state index contributed by atoms with van der Waals surface area (Å²) in [6.45, 7) is 0.642. The Morgan fingerprint density at radius 2 is 2.33 bits per heavy atom. The molecule has 1 aliphatic rings. The summed E-state index contributed by atoms with van der Waals surface area (Å²) in [5, 5.41) is 0. The number of hydrogen-bond acceptors (Lipinski definition) is 3. The molecule has 0 spiro atoms. The summed E-state index contributed by atoms with van der Waals surface area (Å²) in [7, 11) is 0. The summed E-state index contributed by atoms with van der Waals surface area (Å²) >= 11 is 1.58. The topological polar surface area (TPSA) is 39.8 Å². The van der Waals surface area contributed by atoms with Gasteiger partial charge < -0.3 is 0 Å². The molecule has 0 bridgehead atoms. The van der Waals surface area contributed by atoms with Crippen LogP contribution in [0.15, 0.2) is 28.9 Å². The lowest BCUT2D eigenvalue weighted by molar-refractivity contribution is 0.658. The van der Waals surface area contributed by atoms with Crippen LogP contribution in [0, 0.1) is 0 Å². The standard InChI is InChI=1S/C10H11N3OS/c14-10-12(6-9-5-11-7-15-9)3-4-13(10)8-1-2-8/h3-5,7-8H,1-2,6H2. The largest absolute Gasteiger partial charge is 0.328 e. The minimum Gasteiger partial charge on any atom is -0.296 e. The van der Waals surface area contributed by atoms with Gasteiger partial charge in [-0.1, -0.05) is 0 Å². The van der Waals surface area contributed by atoms with E-state index in [1.165, 1.54) is 0 Å². The van der Waals surface area contributed by atoms with Gasteiger partial charge in [-0.2, -0.15) is 0 Å². The van der Waals surface area contributed by atoms with Crippen molar-refractivity contribution in [2.45, 2.75) is 25.4 Å². The first kappa shape index (κ1) is 8.91. The minimum atomic E-state index is 0.103. The van der Waals surface area contributed by atoms with Crippen molar-refractivity contribution in [1.82, 2.24) is 14.1 Å². The maximum Gasteiger partial charge on any atom is 0.328 e. The predicted molar refractivity (Wildman–Crippen MR) is 58.2 cm³/mol. The van der Waals surface area contributed by atoms with Crippen molar-refractivity contribution < 1.29 is 0 Å². The summed E-state index contributed by atoms with van der Waals surface area (Å²) in [6, 6.07) is 0.459. The molecule has 0 aromatic carbocycles. The molecule has 1 saturated carbocycles. The van der Waals surface area contributed by atoms with Crippen molar-refractivity contribution in [1.29, 1.82) is 0 Å². The van der Waals surface area contributed by atoms with Crippen LogP contribution >= 0.6 is 11.3 Å². The fraction of sp³-hybridized carbons (Fsp3) is 0.400. The Labute approximate surface area is 90.8 Å². The van der Waals surface area contributed by atoms with Crippen LogP contribution in [0.25, 0.3) is 0 Å². The zero-order valence-corrected chi connectivity index (χ0v) is 8.98. The van der Waals surface area contributed by atoms with E-state index in [1.807, 2.05) is 23.2 Å². The van der Waals surface area contributed by atoms with E-state index < -0.39 is 0 Å². The lowest BCUT2D eigenvalue weighted by Gasteiger charge is -1.98. The molecule has 0 atom stereocenters. The normalized spacial score (nSPS) is 15.7. The van der Waals surface area contributed by atoms with E-state index in [0.717, 1.165) is 17.7 Å². The van der Waals surface area contributed by atoms with Gasteiger partial charge in [0.25, 0.3) is 0 Å². The number of thiazole rings is 1. The first-order chi connectivity index (χ1) is 7.34. The Balaban J connectivity index is 1.89. The third-order valence-corrected chi connectivity index (χ3v) is 3.39. The molecular weight excluding hydrogens is 210 g/mol. The molecule has 5 heteroatoms. The first-order valence-electron chi connectivity index (χ1n) is 4.99. The maximum absolute atomic E-state index is 11.9. The van der Waals surface area contributed by atoms with Gasteiger partial charge in [0.15, 0.2) is 0 Å². The molecular formula is C10H11N3OS. The molecule has 2 aromatic heterocycles. The van der Waals surface area contributed by atoms with Crippen molar-refractivity contribution in [3.05, 3.63) is 39.5 Å². The molecule has 1 aliphatic carbocycles. The number of nitrogens with zero attached hydrogens (tertiary/aromatic N) is 3. The maximum atomic E-state index is 11.9. The van der Waals surface area contributed by atoms with Gasteiger partial charge in [-0.05, 0) is 12.8 Å². The van der Waals surface area contributed by atoms with Crippen molar-refractivity contribution in [2.24, 2.45) is 0 Å². The smallest absolute Gasteiger partial charge is 0.296 e. The SMILES string of the molecule is O=c1n(Cc2cncs2)ccn1C1CC1. The van der Waals surface area contributed by atoms with Gasteiger partial charge in [-0.15, -0.1) is 11.3 Å². The van der Waals surface area contributed by atoms with E-state index in [2.05, 4.69) is 4.98 Å². The molecule has 0 amide bonds. The highest BCUT2D eigenvalue weighted by Gasteiger charge is 2.25. The number of rotatable bonds is 3. The number of aromatic nitrogens is 3. The Morgan fingerprint density at radius 1 is 1.47 bits per heavy atom. The van der Waals surface area contributed by atoms with Crippen LogP contribution in [-0.2, 0) is 6.54 Å². The van der Waals surface area contributed by atoms with E-state index in [-0.39, 0.29) is 5.69 Å². The fourth-order valence-electron chi connectivity index (χ4n) is 1.67. The second-order valence-electron chi connectivity index (χ2n) is 3.81. The van der Waals surface area contributed by atoms with Gasteiger partial charge in [0.05, 0.1) is 12.1 Å². The van der Waals surface area contributed by atoms with Crippen LogP contribution in [0.2, 0.25) is 0 Å². The van der Waals surface area contributed by atoms with Crippen LogP contribution in [0.3, 0.4) is 0 Å². The van der Waals surface area contributed by atoms with Gasteiger partial charge in [0.2, 0.25) is 0 Å². The van der Waals surface area contributed by atoms with Crippen LogP contribution in [-0.4, -0.2) is 14.1 Å². The number of hydrogen-bond donors (Lipinski definition) is 0.